The zero-order valence-electron chi connectivity index (χ0n) is 8.25. The minimum atomic E-state index is -0.984. The molecule has 2 heterocycles. The molecular formula is C10H9N3O2S. The lowest BCUT2D eigenvalue weighted by Crippen LogP contribution is -2.00. The van der Waals surface area contributed by atoms with Crippen molar-refractivity contribution in [2.75, 3.05) is 0 Å². The number of pyridine rings is 1. The van der Waals surface area contributed by atoms with Crippen molar-refractivity contribution in [2.45, 2.75) is 6.54 Å². The largest absolute Gasteiger partial charge is 0.478 e. The summed E-state index contributed by atoms with van der Waals surface area (Å²) in [5.74, 6) is -0.984. The number of aromatic nitrogens is 2. The molecule has 0 radical (unpaired) electrons. The van der Waals surface area contributed by atoms with E-state index >= 15 is 0 Å². The van der Waals surface area contributed by atoms with Crippen molar-refractivity contribution in [1.29, 1.82) is 0 Å². The highest BCUT2D eigenvalue weighted by molar-refractivity contribution is 7.13. The zero-order valence-corrected chi connectivity index (χ0v) is 9.07. The van der Waals surface area contributed by atoms with E-state index in [9.17, 15) is 4.79 Å². The van der Waals surface area contributed by atoms with Gasteiger partial charge in [-0.1, -0.05) is 0 Å². The Morgan fingerprint density at radius 3 is 3.00 bits per heavy atom. The number of carboxylic acids is 1. The maximum absolute atomic E-state index is 11.0. The van der Waals surface area contributed by atoms with Crippen molar-refractivity contribution in [3.8, 4) is 10.6 Å². The molecule has 0 saturated heterocycles. The fraction of sp³-hybridized carbons (Fsp3) is 0.100. The second-order valence-corrected chi connectivity index (χ2v) is 3.93. The summed E-state index contributed by atoms with van der Waals surface area (Å²) in [6.45, 7) is 0.346. The Hall–Kier alpha value is -1.79. The molecule has 2 rings (SSSR count). The summed E-state index contributed by atoms with van der Waals surface area (Å²) in [4.78, 5) is 19.1. The molecule has 16 heavy (non-hydrogen) atoms. The molecule has 0 spiro atoms. The SMILES string of the molecule is NCc1csc(-c2cnccc2C(=O)O)n1. The number of hydrogen-bond acceptors (Lipinski definition) is 5. The van der Waals surface area contributed by atoms with E-state index in [-0.39, 0.29) is 5.56 Å². The predicted octanol–water partition coefficient (Wildman–Crippen LogP) is 1.36. The van der Waals surface area contributed by atoms with Crippen LogP contribution < -0.4 is 5.73 Å². The molecule has 3 N–H and O–H groups in total. The predicted molar refractivity (Wildman–Crippen MR) is 60.2 cm³/mol. The summed E-state index contributed by atoms with van der Waals surface area (Å²) in [5.41, 5.74) is 6.93. The van der Waals surface area contributed by atoms with Gasteiger partial charge in [0.2, 0.25) is 0 Å². The summed E-state index contributed by atoms with van der Waals surface area (Å²) >= 11 is 1.36. The first-order valence-electron chi connectivity index (χ1n) is 4.54. The van der Waals surface area contributed by atoms with Crippen LogP contribution in [0.2, 0.25) is 0 Å². The van der Waals surface area contributed by atoms with Gasteiger partial charge in [-0.25, -0.2) is 9.78 Å². The van der Waals surface area contributed by atoms with Crippen LogP contribution in [0.3, 0.4) is 0 Å². The molecule has 5 nitrogen and oxygen atoms in total. The maximum atomic E-state index is 11.0. The number of rotatable bonds is 3. The van der Waals surface area contributed by atoms with Crippen LogP contribution in [-0.4, -0.2) is 21.0 Å². The van der Waals surface area contributed by atoms with Crippen LogP contribution in [0.5, 0.6) is 0 Å². The molecule has 0 aliphatic rings. The van der Waals surface area contributed by atoms with Gasteiger partial charge < -0.3 is 10.8 Å². The molecule has 0 bridgehead atoms. The van der Waals surface area contributed by atoms with E-state index in [1.165, 1.54) is 29.8 Å². The Morgan fingerprint density at radius 2 is 2.38 bits per heavy atom. The van der Waals surface area contributed by atoms with E-state index in [4.69, 9.17) is 10.8 Å². The third kappa shape index (κ3) is 1.93. The molecule has 0 amide bonds. The van der Waals surface area contributed by atoms with E-state index in [2.05, 4.69) is 9.97 Å². The topological polar surface area (TPSA) is 89.1 Å². The smallest absolute Gasteiger partial charge is 0.336 e. The molecule has 0 aliphatic heterocycles. The molecular weight excluding hydrogens is 226 g/mol. The molecule has 0 aliphatic carbocycles. The molecule has 0 atom stereocenters. The average Bonchev–Trinajstić information content (AvgIpc) is 2.77. The van der Waals surface area contributed by atoms with Crippen LogP contribution in [0.1, 0.15) is 16.1 Å². The Morgan fingerprint density at radius 1 is 1.56 bits per heavy atom. The Labute approximate surface area is 95.6 Å². The van der Waals surface area contributed by atoms with Crippen molar-refractivity contribution < 1.29 is 9.90 Å². The number of carbonyl (C=O) groups is 1. The number of carboxylic acid groups (broad SMARTS) is 1. The van der Waals surface area contributed by atoms with Crippen LogP contribution in [0.25, 0.3) is 10.6 Å². The van der Waals surface area contributed by atoms with Gasteiger partial charge in [0.1, 0.15) is 5.01 Å². The second-order valence-electron chi connectivity index (χ2n) is 3.07. The third-order valence-corrected chi connectivity index (χ3v) is 2.97. The van der Waals surface area contributed by atoms with Crippen LogP contribution >= 0.6 is 11.3 Å². The van der Waals surface area contributed by atoms with E-state index in [0.717, 1.165) is 5.69 Å². The van der Waals surface area contributed by atoms with Crippen molar-refractivity contribution >= 4 is 17.3 Å². The first kappa shape index (κ1) is 10.7. The van der Waals surface area contributed by atoms with Gasteiger partial charge in [0.05, 0.1) is 11.3 Å². The lowest BCUT2D eigenvalue weighted by atomic mass is 10.1. The highest BCUT2D eigenvalue weighted by Gasteiger charge is 2.14. The van der Waals surface area contributed by atoms with Crippen molar-refractivity contribution in [2.24, 2.45) is 5.73 Å². The van der Waals surface area contributed by atoms with Crippen LogP contribution in [0.4, 0.5) is 0 Å². The molecule has 2 aromatic rings. The minimum Gasteiger partial charge on any atom is -0.478 e. The molecule has 0 aromatic carbocycles. The summed E-state index contributed by atoms with van der Waals surface area (Å²) in [6, 6.07) is 1.46. The summed E-state index contributed by atoms with van der Waals surface area (Å²) in [5, 5.41) is 11.5. The van der Waals surface area contributed by atoms with Gasteiger partial charge in [-0.2, -0.15) is 0 Å². The standard InChI is InChI=1S/C10H9N3O2S/c11-3-6-5-16-9(13-6)8-4-12-2-1-7(8)10(14)15/h1-2,4-5H,3,11H2,(H,14,15). The van der Waals surface area contributed by atoms with E-state index in [1.807, 2.05) is 5.38 Å². The van der Waals surface area contributed by atoms with E-state index in [0.29, 0.717) is 17.1 Å². The summed E-state index contributed by atoms with van der Waals surface area (Å²) < 4.78 is 0. The van der Waals surface area contributed by atoms with Gasteiger partial charge in [-0.05, 0) is 6.07 Å². The van der Waals surface area contributed by atoms with Crippen LogP contribution in [0.15, 0.2) is 23.8 Å². The van der Waals surface area contributed by atoms with Crippen molar-refractivity contribution in [3.63, 3.8) is 0 Å². The van der Waals surface area contributed by atoms with Gasteiger partial charge in [0.15, 0.2) is 0 Å². The van der Waals surface area contributed by atoms with E-state index < -0.39 is 5.97 Å². The Bertz CT molecular complexity index is 524. The van der Waals surface area contributed by atoms with Gasteiger partial charge in [0, 0.05) is 29.9 Å². The zero-order chi connectivity index (χ0) is 11.5. The highest BCUT2D eigenvalue weighted by atomic mass is 32.1. The third-order valence-electron chi connectivity index (χ3n) is 2.04. The fourth-order valence-electron chi connectivity index (χ4n) is 1.28. The number of nitrogens with zero attached hydrogens (tertiary/aromatic N) is 2. The van der Waals surface area contributed by atoms with Crippen molar-refractivity contribution in [3.05, 3.63) is 35.1 Å². The number of nitrogens with two attached hydrogens (primary N) is 1. The molecule has 82 valence electrons. The number of thiazole rings is 1. The Kier molecular flexibility index (Phi) is 2.93. The van der Waals surface area contributed by atoms with Gasteiger partial charge >= 0.3 is 5.97 Å². The minimum absolute atomic E-state index is 0.202. The van der Waals surface area contributed by atoms with Crippen LogP contribution in [-0.2, 0) is 6.54 Å². The van der Waals surface area contributed by atoms with Gasteiger partial charge in [0.25, 0.3) is 0 Å². The average molecular weight is 235 g/mol. The normalized spacial score (nSPS) is 10.3. The van der Waals surface area contributed by atoms with Gasteiger partial charge in [-0.3, -0.25) is 4.98 Å². The first-order chi connectivity index (χ1) is 7.72. The number of aromatic carboxylic acids is 1. The molecule has 6 heteroatoms. The molecule has 0 saturated carbocycles. The van der Waals surface area contributed by atoms with Crippen LogP contribution in [0, 0.1) is 0 Å². The lowest BCUT2D eigenvalue weighted by molar-refractivity contribution is 0.0697. The molecule has 0 unspecified atom stereocenters. The summed E-state index contributed by atoms with van der Waals surface area (Å²) in [7, 11) is 0. The first-order valence-corrected chi connectivity index (χ1v) is 5.42. The second kappa shape index (κ2) is 4.38. The summed E-state index contributed by atoms with van der Waals surface area (Å²) in [6.07, 6.45) is 2.95. The highest BCUT2D eigenvalue weighted by Crippen LogP contribution is 2.26. The molecule has 0 fully saturated rings. The quantitative estimate of drug-likeness (QED) is 0.838. The monoisotopic (exact) mass is 235 g/mol. The maximum Gasteiger partial charge on any atom is 0.336 e. The van der Waals surface area contributed by atoms with Gasteiger partial charge in [-0.15, -0.1) is 11.3 Å². The number of hydrogen-bond donors (Lipinski definition) is 2. The lowest BCUT2D eigenvalue weighted by Gasteiger charge is -2.00. The Balaban J connectivity index is 2.50. The fourth-order valence-corrected chi connectivity index (χ4v) is 2.13. The van der Waals surface area contributed by atoms with Crippen molar-refractivity contribution in [1.82, 2.24) is 9.97 Å². The van der Waals surface area contributed by atoms with E-state index in [1.54, 1.807) is 0 Å². The molecule has 2 aromatic heterocycles.